The van der Waals surface area contributed by atoms with Gasteiger partial charge < -0.3 is 9.50 Å². The van der Waals surface area contributed by atoms with Crippen LogP contribution in [0.3, 0.4) is 0 Å². The van der Waals surface area contributed by atoms with E-state index in [1.807, 2.05) is 75.5 Å². The van der Waals surface area contributed by atoms with Crippen LogP contribution in [-0.4, -0.2) is 39.5 Å². The molecule has 9 heteroatoms. The number of benzene rings is 4. The lowest BCUT2D eigenvalue weighted by molar-refractivity contribution is 0.554. The van der Waals surface area contributed by atoms with Crippen molar-refractivity contribution in [3.8, 4) is 5.75 Å². The number of hydrogen-bond donors (Lipinski definition) is 3. The van der Waals surface area contributed by atoms with Gasteiger partial charge in [0.05, 0.1) is 5.75 Å². The van der Waals surface area contributed by atoms with Gasteiger partial charge in [0, 0.05) is 12.7 Å². The molecule has 4 aromatic carbocycles. The maximum Gasteiger partial charge on any atom is 0.287 e. The van der Waals surface area contributed by atoms with Crippen LogP contribution in [-0.2, 0) is 21.3 Å². The summed E-state index contributed by atoms with van der Waals surface area (Å²) >= 11 is -1.43. The van der Waals surface area contributed by atoms with Gasteiger partial charge in [-0.05, 0) is 66.1 Å². The van der Waals surface area contributed by atoms with E-state index in [9.17, 15) is 12.6 Å². The molecule has 0 fully saturated rings. The van der Waals surface area contributed by atoms with Gasteiger partial charge in [0.1, 0.15) is 5.75 Å². The third-order valence-electron chi connectivity index (χ3n) is 4.99. The second-order valence-corrected chi connectivity index (χ2v) is 11.6. The third-order valence-corrected chi connectivity index (χ3v) is 7.05. The van der Waals surface area contributed by atoms with Gasteiger partial charge in [-0.2, -0.15) is 4.21 Å². The molecule has 0 aromatic heterocycles. The number of sulfonamides is 1. The second kappa shape index (κ2) is 27.3. The predicted octanol–water partition coefficient (Wildman–Crippen LogP) is 7.47. The summed E-state index contributed by atoms with van der Waals surface area (Å²) in [5.41, 5.74) is 5.11. The van der Waals surface area contributed by atoms with E-state index in [1.165, 1.54) is 29.4 Å². The molecular formula is C34H51N3O4S2. The van der Waals surface area contributed by atoms with Crippen LogP contribution in [0.5, 0.6) is 5.75 Å². The summed E-state index contributed by atoms with van der Waals surface area (Å²) in [4.78, 5) is 0. The first-order valence-electron chi connectivity index (χ1n) is 14.1. The van der Waals surface area contributed by atoms with Crippen molar-refractivity contribution in [2.75, 3.05) is 32.2 Å². The molecule has 0 aliphatic heterocycles. The number of para-hydroxylation sites is 1. The zero-order chi connectivity index (χ0) is 32.9. The first-order valence-corrected chi connectivity index (χ1v) is 16.8. The summed E-state index contributed by atoms with van der Waals surface area (Å²) in [7, 11) is 1.98. The second-order valence-electron chi connectivity index (χ2n) is 8.37. The fourth-order valence-electron chi connectivity index (χ4n) is 2.54. The Morgan fingerprint density at radius 3 is 1.26 bits per heavy atom. The standard InChI is InChI=1S/C8H11N.C7H9NO2S.2C7H8.C3H9NO2S.C2H6/c1-7-3-5-8(9-2)6-4-7;1-8-11(9)10-7-5-3-2-4-6-7;2*1-7-5-3-2-4-6-7;1-3-7(5,6)4-2;1-2/h3-6,9H,1-2H3;2-6,8H,1H3;2*2-6H,1H3;4H,3H2,1-2H3;1-2H3. The minimum atomic E-state index is -2.91. The van der Waals surface area contributed by atoms with E-state index in [0.717, 1.165) is 0 Å². The SMILES string of the molecule is CC.CCS(=O)(=O)NC.CNS(=O)Oc1ccccc1.CNc1ccc(C)cc1.Cc1ccccc1.Cc1ccccc1. The first-order chi connectivity index (χ1) is 20.6. The van der Waals surface area contributed by atoms with Crippen LogP contribution in [0, 0.1) is 20.8 Å². The minimum Gasteiger partial charge on any atom is -0.389 e. The normalized spacial score (nSPS) is 9.98. The Labute approximate surface area is 264 Å². The zero-order valence-electron chi connectivity index (χ0n) is 27.1. The number of rotatable bonds is 6. The summed E-state index contributed by atoms with van der Waals surface area (Å²) in [5.74, 6) is 0.754. The maximum absolute atomic E-state index is 10.8. The summed E-state index contributed by atoms with van der Waals surface area (Å²) in [6.45, 7) is 11.8. The molecule has 0 spiro atoms. The van der Waals surface area contributed by atoms with E-state index in [-0.39, 0.29) is 5.75 Å². The zero-order valence-corrected chi connectivity index (χ0v) is 28.8. The molecule has 4 aromatic rings. The largest absolute Gasteiger partial charge is 0.389 e. The number of nitrogens with one attached hydrogen (secondary N) is 3. The molecule has 0 saturated carbocycles. The third kappa shape index (κ3) is 25.9. The molecule has 0 radical (unpaired) electrons. The van der Waals surface area contributed by atoms with Crippen molar-refractivity contribution in [2.45, 2.75) is 41.5 Å². The molecular weight excluding hydrogens is 579 g/mol. The summed E-state index contributed by atoms with van der Waals surface area (Å²) in [6.07, 6.45) is 0. The van der Waals surface area contributed by atoms with Gasteiger partial charge in [-0.15, -0.1) is 0 Å². The molecule has 0 saturated heterocycles. The Hall–Kier alpha value is -3.50. The Bertz CT molecular complexity index is 1240. The smallest absolute Gasteiger partial charge is 0.287 e. The van der Waals surface area contributed by atoms with Crippen LogP contribution in [0.2, 0.25) is 0 Å². The molecule has 0 heterocycles. The van der Waals surface area contributed by atoms with E-state index in [2.05, 4.69) is 84.1 Å². The number of aryl methyl sites for hydroxylation is 3. The van der Waals surface area contributed by atoms with E-state index in [4.69, 9.17) is 4.18 Å². The summed E-state index contributed by atoms with van der Waals surface area (Å²) in [5, 5.41) is 3.05. The fourth-order valence-corrected chi connectivity index (χ4v) is 3.20. The van der Waals surface area contributed by atoms with Crippen molar-refractivity contribution in [3.05, 3.63) is 132 Å². The highest BCUT2D eigenvalue weighted by Crippen LogP contribution is 2.08. The highest BCUT2D eigenvalue weighted by atomic mass is 32.2. The first kappa shape index (κ1) is 41.6. The average molecular weight is 630 g/mol. The molecule has 7 nitrogen and oxygen atoms in total. The molecule has 0 aliphatic rings. The molecule has 0 amide bonds. The van der Waals surface area contributed by atoms with Crippen molar-refractivity contribution in [1.82, 2.24) is 9.44 Å². The van der Waals surface area contributed by atoms with Gasteiger partial charge in [-0.1, -0.05) is 122 Å². The average Bonchev–Trinajstić information content (AvgIpc) is 3.05. The van der Waals surface area contributed by atoms with Crippen LogP contribution in [0.25, 0.3) is 0 Å². The van der Waals surface area contributed by atoms with E-state index >= 15 is 0 Å². The Morgan fingerprint density at radius 2 is 1.00 bits per heavy atom. The van der Waals surface area contributed by atoms with Crippen molar-refractivity contribution in [1.29, 1.82) is 0 Å². The summed E-state index contributed by atoms with van der Waals surface area (Å²) in [6, 6.07) is 37.8. The van der Waals surface area contributed by atoms with Crippen molar-refractivity contribution >= 4 is 27.0 Å². The van der Waals surface area contributed by atoms with E-state index in [1.54, 1.807) is 26.1 Å². The van der Waals surface area contributed by atoms with Gasteiger partial charge in [0.25, 0.3) is 11.3 Å². The minimum absolute atomic E-state index is 0.156. The highest BCUT2D eigenvalue weighted by molar-refractivity contribution is 7.89. The topological polar surface area (TPSA) is 96.5 Å². The lowest BCUT2D eigenvalue weighted by Gasteiger charge is -2.00. The molecule has 238 valence electrons. The Kier molecular flexibility index (Phi) is 26.5. The Morgan fingerprint density at radius 1 is 0.628 bits per heavy atom. The van der Waals surface area contributed by atoms with Crippen LogP contribution >= 0.6 is 0 Å². The fraction of sp³-hybridized carbons (Fsp3) is 0.294. The monoisotopic (exact) mass is 629 g/mol. The quantitative estimate of drug-likeness (QED) is 0.206. The molecule has 0 bridgehead atoms. The van der Waals surface area contributed by atoms with E-state index < -0.39 is 21.3 Å². The number of anilines is 1. The molecule has 1 unspecified atom stereocenters. The van der Waals surface area contributed by atoms with Crippen LogP contribution < -0.4 is 18.9 Å². The molecule has 43 heavy (non-hydrogen) atoms. The molecule has 1 atom stereocenters. The summed E-state index contributed by atoms with van der Waals surface area (Å²) < 4.78 is 40.8. The van der Waals surface area contributed by atoms with Gasteiger partial charge in [-0.25, -0.2) is 17.9 Å². The van der Waals surface area contributed by atoms with Gasteiger partial charge in [0.15, 0.2) is 0 Å². The Balaban J connectivity index is 0. The predicted molar refractivity (Wildman–Crippen MR) is 187 cm³/mol. The lowest BCUT2D eigenvalue weighted by Crippen LogP contribution is -2.19. The van der Waals surface area contributed by atoms with Crippen molar-refractivity contribution < 1.29 is 16.8 Å². The van der Waals surface area contributed by atoms with Crippen LogP contribution in [0.4, 0.5) is 5.69 Å². The molecule has 4 rings (SSSR count). The van der Waals surface area contributed by atoms with Crippen molar-refractivity contribution in [2.24, 2.45) is 0 Å². The van der Waals surface area contributed by atoms with Crippen LogP contribution in [0.1, 0.15) is 37.5 Å². The van der Waals surface area contributed by atoms with Gasteiger partial charge in [-0.3, -0.25) is 0 Å². The molecule has 3 N–H and O–H groups in total. The number of hydrogen-bond acceptors (Lipinski definition) is 5. The molecule has 0 aliphatic carbocycles. The van der Waals surface area contributed by atoms with Gasteiger partial charge in [0.2, 0.25) is 10.0 Å². The van der Waals surface area contributed by atoms with Gasteiger partial charge >= 0.3 is 0 Å². The van der Waals surface area contributed by atoms with Crippen molar-refractivity contribution in [3.63, 3.8) is 0 Å². The lowest BCUT2D eigenvalue weighted by atomic mass is 10.2. The van der Waals surface area contributed by atoms with Crippen LogP contribution in [0.15, 0.2) is 115 Å². The maximum atomic E-state index is 10.8. The highest BCUT2D eigenvalue weighted by Gasteiger charge is 1.98. The van der Waals surface area contributed by atoms with E-state index in [0.29, 0.717) is 5.75 Å².